The number of hydrogen-bond donors (Lipinski definition) is 0. The molecular weight excluding hydrogens is 402 g/mol. The second-order valence-corrected chi connectivity index (χ2v) is 10.8. The molecule has 2 saturated carbocycles. The van der Waals surface area contributed by atoms with E-state index >= 15 is 0 Å². The van der Waals surface area contributed by atoms with Crippen molar-refractivity contribution in [1.29, 1.82) is 0 Å². The molecule has 182 valence electrons. The molecule has 0 amide bonds. The molecule has 0 radical (unpaired) electrons. The fraction of sp³-hybridized carbons (Fsp3) is 0.793. The average molecular weight is 449 g/mol. The third-order valence-electron chi connectivity index (χ3n) is 8.30. The first kappa shape index (κ1) is 25.5. The molecule has 0 unspecified atom stereocenters. The van der Waals surface area contributed by atoms with Gasteiger partial charge < -0.3 is 4.74 Å². The van der Waals surface area contributed by atoms with Crippen molar-refractivity contribution in [3.05, 3.63) is 29.3 Å². The van der Waals surface area contributed by atoms with E-state index in [-0.39, 0.29) is 17.8 Å². The van der Waals surface area contributed by atoms with Crippen LogP contribution in [0.4, 0.5) is 8.78 Å². The van der Waals surface area contributed by atoms with Gasteiger partial charge >= 0.3 is 0 Å². The minimum Gasteiger partial charge on any atom is -0.485 e. The minimum atomic E-state index is -0.531. The van der Waals surface area contributed by atoms with E-state index in [4.69, 9.17) is 4.74 Å². The third-order valence-corrected chi connectivity index (χ3v) is 8.30. The zero-order valence-corrected chi connectivity index (χ0v) is 20.8. The largest absolute Gasteiger partial charge is 0.485 e. The number of rotatable bonds is 11. The fourth-order valence-corrected chi connectivity index (χ4v) is 6.33. The highest BCUT2D eigenvalue weighted by Gasteiger charge is 2.31. The average Bonchev–Trinajstić information content (AvgIpc) is 2.80. The van der Waals surface area contributed by atoms with Crippen molar-refractivity contribution < 1.29 is 13.5 Å². The summed E-state index contributed by atoms with van der Waals surface area (Å²) in [4.78, 5) is 0. The molecule has 2 aliphatic carbocycles. The van der Waals surface area contributed by atoms with Crippen LogP contribution in [0.1, 0.15) is 129 Å². The van der Waals surface area contributed by atoms with Crippen molar-refractivity contribution in [2.24, 2.45) is 17.8 Å². The van der Waals surface area contributed by atoms with Gasteiger partial charge in [0, 0.05) is 0 Å². The molecule has 0 aromatic heterocycles. The van der Waals surface area contributed by atoms with E-state index < -0.39 is 11.6 Å². The van der Waals surface area contributed by atoms with Gasteiger partial charge in [-0.05, 0) is 99.7 Å². The van der Waals surface area contributed by atoms with Gasteiger partial charge in [-0.2, -0.15) is 0 Å². The van der Waals surface area contributed by atoms with Crippen LogP contribution in [-0.4, -0.2) is 6.10 Å². The number of unbranched alkanes of at least 4 members (excludes halogenated alkanes) is 3. The van der Waals surface area contributed by atoms with Crippen molar-refractivity contribution >= 4 is 0 Å². The van der Waals surface area contributed by atoms with Crippen LogP contribution < -0.4 is 4.74 Å². The molecule has 0 aliphatic heterocycles. The maximum absolute atomic E-state index is 14.8. The smallest absolute Gasteiger partial charge is 0.191 e. The quantitative estimate of drug-likeness (QED) is 0.306. The van der Waals surface area contributed by atoms with Gasteiger partial charge in [0.25, 0.3) is 0 Å². The molecule has 1 atom stereocenters. The van der Waals surface area contributed by atoms with E-state index in [1.54, 1.807) is 12.1 Å². The summed E-state index contributed by atoms with van der Waals surface area (Å²) in [6.45, 7) is 6.39. The van der Waals surface area contributed by atoms with Gasteiger partial charge in [0.2, 0.25) is 0 Å². The Hall–Kier alpha value is -1.12. The van der Waals surface area contributed by atoms with Gasteiger partial charge in [0.15, 0.2) is 17.4 Å². The number of ether oxygens (including phenoxy) is 1. The molecule has 32 heavy (non-hydrogen) atoms. The highest BCUT2D eigenvalue weighted by atomic mass is 19.1. The van der Waals surface area contributed by atoms with Gasteiger partial charge in [-0.25, -0.2) is 8.78 Å². The first-order valence-corrected chi connectivity index (χ1v) is 13.7. The summed E-state index contributed by atoms with van der Waals surface area (Å²) in [5.41, 5.74) is 0.827. The summed E-state index contributed by atoms with van der Waals surface area (Å²) in [5.74, 6) is 1.69. The van der Waals surface area contributed by atoms with Gasteiger partial charge in [-0.1, -0.05) is 58.8 Å². The normalized spacial score (nSPS) is 27.3. The molecule has 0 saturated heterocycles. The van der Waals surface area contributed by atoms with Crippen LogP contribution in [0.5, 0.6) is 5.75 Å². The SMILES string of the molecule is CCCCCC[C@H](C)Oc1c(F)cc([C@H]2CC[C@H]([C@H]3CC[C@H](CCC)CC3)CC2)cc1F. The molecule has 0 spiro atoms. The molecule has 1 aromatic carbocycles. The van der Waals surface area contributed by atoms with Crippen molar-refractivity contribution in [2.75, 3.05) is 0 Å². The van der Waals surface area contributed by atoms with Crippen LogP contribution in [0.2, 0.25) is 0 Å². The van der Waals surface area contributed by atoms with Crippen LogP contribution in [0.3, 0.4) is 0 Å². The highest BCUT2D eigenvalue weighted by molar-refractivity contribution is 5.33. The summed E-state index contributed by atoms with van der Waals surface area (Å²) in [6.07, 6.45) is 18.1. The Labute approximate surface area is 195 Å². The highest BCUT2D eigenvalue weighted by Crippen LogP contribution is 2.45. The van der Waals surface area contributed by atoms with E-state index in [2.05, 4.69) is 13.8 Å². The predicted molar refractivity (Wildman–Crippen MR) is 130 cm³/mol. The van der Waals surface area contributed by atoms with Crippen LogP contribution >= 0.6 is 0 Å². The molecule has 2 aliphatic rings. The zero-order valence-electron chi connectivity index (χ0n) is 20.8. The third kappa shape index (κ3) is 7.19. The van der Waals surface area contributed by atoms with E-state index in [0.717, 1.165) is 55.4 Å². The summed E-state index contributed by atoms with van der Waals surface area (Å²) >= 11 is 0. The Morgan fingerprint density at radius 1 is 0.812 bits per heavy atom. The van der Waals surface area contributed by atoms with Gasteiger partial charge in [0.1, 0.15) is 0 Å². The summed E-state index contributed by atoms with van der Waals surface area (Å²) in [6, 6.07) is 3.09. The van der Waals surface area contributed by atoms with Gasteiger partial charge in [-0.3, -0.25) is 0 Å². The number of benzene rings is 1. The van der Waals surface area contributed by atoms with E-state index in [9.17, 15) is 8.78 Å². The second-order valence-electron chi connectivity index (χ2n) is 10.8. The van der Waals surface area contributed by atoms with Crippen LogP contribution in [0, 0.1) is 29.4 Å². The Morgan fingerprint density at radius 2 is 1.41 bits per heavy atom. The van der Waals surface area contributed by atoms with E-state index in [0.29, 0.717) is 0 Å². The Balaban J connectivity index is 1.49. The van der Waals surface area contributed by atoms with Crippen LogP contribution in [0.15, 0.2) is 12.1 Å². The van der Waals surface area contributed by atoms with Crippen LogP contribution in [-0.2, 0) is 0 Å². The second kappa shape index (κ2) is 12.9. The maximum Gasteiger partial charge on any atom is 0.191 e. The molecule has 0 heterocycles. The minimum absolute atomic E-state index is 0.162. The first-order chi connectivity index (χ1) is 15.5. The van der Waals surface area contributed by atoms with Crippen molar-refractivity contribution in [3.8, 4) is 5.75 Å². The van der Waals surface area contributed by atoms with E-state index in [1.165, 1.54) is 64.2 Å². The monoisotopic (exact) mass is 448 g/mol. The van der Waals surface area contributed by atoms with Gasteiger partial charge in [-0.15, -0.1) is 0 Å². The fourth-order valence-electron chi connectivity index (χ4n) is 6.33. The molecule has 3 heteroatoms. The molecule has 0 bridgehead atoms. The number of halogens is 2. The standard InChI is InChI=1S/C29H46F2O/c1-4-6-7-8-10-21(3)32-29-27(30)19-26(20-28(29)31)25-17-15-24(16-18-25)23-13-11-22(9-5-2)12-14-23/h19-25H,4-18H2,1-3H3/t21-,22-,23-,24-,25-/m0/s1. The van der Waals surface area contributed by atoms with Crippen molar-refractivity contribution in [2.45, 2.75) is 129 Å². The zero-order chi connectivity index (χ0) is 22.9. The Morgan fingerprint density at radius 3 is 1.97 bits per heavy atom. The molecule has 0 N–H and O–H groups in total. The molecular formula is C29H46F2O. The van der Waals surface area contributed by atoms with Gasteiger partial charge in [0.05, 0.1) is 6.10 Å². The number of hydrogen-bond acceptors (Lipinski definition) is 1. The lowest BCUT2D eigenvalue weighted by molar-refractivity contribution is 0.156. The molecule has 1 aromatic rings. The topological polar surface area (TPSA) is 9.23 Å². The summed E-state index contributed by atoms with van der Waals surface area (Å²) in [7, 11) is 0. The van der Waals surface area contributed by atoms with Crippen LogP contribution in [0.25, 0.3) is 0 Å². The lowest BCUT2D eigenvalue weighted by Gasteiger charge is -2.38. The lowest BCUT2D eigenvalue weighted by Crippen LogP contribution is -2.25. The lowest BCUT2D eigenvalue weighted by atomic mass is 9.68. The predicted octanol–water partition coefficient (Wildman–Crippen LogP) is 9.58. The maximum atomic E-state index is 14.8. The van der Waals surface area contributed by atoms with Crippen molar-refractivity contribution in [1.82, 2.24) is 0 Å². The Kier molecular flexibility index (Phi) is 10.3. The van der Waals surface area contributed by atoms with E-state index in [1.807, 2.05) is 6.92 Å². The molecule has 1 nitrogen and oxygen atoms in total. The summed E-state index contributed by atoms with van der Waals surface area (Å²) in [5, 5.41) is 0. The first-order valence-electron chi connectivity index (χ1n) is 13.7. The summed E-state index contributed by atoms with van der Waals surface area (Å²) < 4.78 is 35.2. The Bertz CT molecular complexity index is 649. The van der Waals surface area contributed by atoms with Crippen molar-refractivity contribution in [3.63, 3.8) is 0 Å². The molecule has 2 fully saturated rings. The molecule has 3 rings (SSSR count).